The van der Waals surface area contributed by atoms with Gasteiger partial charge in [0.1, 0.15) is 0 Å². The minimum atomic E-state index is -0.215. The van der Waals surface area contributed by atoms with Crippen LogP contribution in [0.1, 0.15) is 32.3 Å². The molecule has 1 aromatic rings. The number of carbonyl (C=O) groups is 1. The molecule has 1 heterocycles. The van der Waals surface area contributed by atoms with Crippen molar-refractivity contribution in [3.05, 3.63) is 23.8 Å². The fourth-order valence-electron chi connectivity index (χ4n) is 2.85. The van der Waals surface area contributed by atoms with Crippen LogP contribution in [0.5, 0.6) is 11.5 Å². The summed E-state index contributed by atoms with van der Waals surface area (Å²) in [6.45, 7) is 6.49. The Morgan fingerprint density at radius 2 is 2.04 bits per heavy atom. The number of piperidine rings is 1. The summed E-state index contributed by atoms with van der Waals surface area (Å²) >= 11 is 0. The number of likely N-dealkylation sites (tertiary alicyclic amines) is 1. The van der Waals surface area contributed by atoms with E-state index in [1.165, 1.54) is 0 Å². The van der Waals surface area contributed by atoms with Crippen molar-refractivity contribution < 1.29 is 19.0 Å². The second-order valence-electron chi connectivity index (χ2n) is 7.03. The fourth-order valence-corrected chi connectivity index (χ4v) is 2.85. The van der Waals surface area contributed by atoms with Gasteiger partial charge in [-0.05, 0) is 42.4 Å². The highest BCUT2D eigenvalue weighted by molar-refractivity contribution is 5.67. The average Bonchev–Trinajstić information content (AvgIpc) is 2.65. The quantitative estimate of drug-likeness (QED) is 0.742. The van der Waals surface area contributed by atoms with E-state index >= 15 is 0 Å². The molecule has 142 valence electrons. The van der Waals surface area contributed by atoms with Gasteiger partial charge in [0.05, 0.1) is 32.8 Å². The van der Waals surface area contributed by atoms with E-state index in [1.54, 1.807) is 12.0 Å². The lowest BCUT2D eigenvalue weighted by Crippen LogP contribution is -2.40. The van der Waals surface area contributed by atoms with E-state index in [2.05, 4.69) is 6.07 Å². The number of nitriles is 1. The maximum Gasteiger partial charge on any atom is 0.409 e. The third kappa shape index (κ3) is 5.83. The van der Waals surface area contributed by atoms with Crippen molar-refractivity contribution >= 4 is 6.09 Å². The zero-order chi connectivity index (χ0) is 18.9. The van der Waals surface area contributed by atoms with Crippen LogP contribution >= 0.6 is 0 Å². The summed E-state index contributed by atoms with van der Waals surface area (Å²) in [6, 6.07) is 7.70. The first-order valence-corrected chi connectivity index (χ1v) is 9.11. The van der Waals surface area contributed by atoms with Gasteiger partial charge in [-0.1, -0.05) is 19.9 Å². The highest BCUT2D eigenvalue weighted by Crippen LogP contribution is 2.29. The number of carbonyl (C=O) groups excluding carboxylic acids is 1. The third-order valence-electron chi connectivity index (χ3n) is 4.40. The van der Waals surface area contributed by atoms with E-state index in [0.29, 0.717) is 56.1 Å². The Kier molecular flexibility index (Phi) is 7.58. The molecule has 6 heteroatoms. The molecule has 0 radical (unpaired) electrons. The lowest BCUT2D eigenvalue weighted by Gasteiger charge is -2.31. The molecule has 0 spiro atoms. The van der Waals surface area contributed by atoms with Crippen molar-refractivity contribution in [3.8, 4) is 17.6 Å². The van der Waals surface area contributed by atoms with Crippen LogP contribution in [-0.2, 0) is 11.2 Å². The molecule has 1 amide bonds. The van der Waals surface area contributed by atoms with E-state index < -0.39 is 0 Å². The van der Waals surface area contributed by atoms with Crippen molar-refractivity contribution in [2.24, 2.45) is 11.8 Å². The number of methoxy groups -OCH3 is 1. The molecule has 0 N–H and O–H groups in total. The number of benzene rings is 1. The summed E-state index contributed by atoms with van der Waals surface area (Å²) in [4.78, 5) is 13.8. The molecule has 0 aliphatic carbocycles. The molecule has 1 aliphatic rings. The van der Waals surface area contributed by atoms with Crippen molar-refractivity contribution in [2.75, 3.05) is 33.4 Å². The molecule has 2 rings (SSSR count). The summed E-state index contributed by atoms with van der Waals surface area (Å²) in [7, 11) is 1.60. The van der Waals surface area contributed by atoms with E-state index in [1.807, 2.05) is 32.0 Å². The molecule has 0 saturated carbocycles. The summed E-state index contributed by atoms with van der Waals surface area (Å²) in [6.07, 6.45) is 1.92. The van der Waals surface area contributed by atoms with Gasteiger partial charge in [0.2, 0.25) is 0 Å². The number of nitrogens with zero attached hydrogens (tertiary/aromatic N) is 2. The lowest BCUT2D eigenvalue weighted by atomic mass is 9.98. The van der Waals surface area contributed by atoms with Gasteiger partial charge >= 0.3 is 6.09 Å². The minimum absolute atomic E-state index is 0.215. The maximum atomic E-state index is 12.0. The van der Waals surface area contributed by atoms with Crippen LogP contribution in [0.4, 0.5) is 4.79 Å². The van der Waals surface area contributed by atoms with Crippen molar-refractivity contribution in [3.63, 3.8) is 0 Å². The van der Waals surface area contributed by atoms with Gasteiger partial charge in [-0.15, -0.1) is 0 Å². The zero-order valence-electron chi connectivity index (χ0n) is 15.9. The first-order chi connectivity index (χ1) is 12.5. The number of hydrogen-bond donors (Lipinski definition) is 0. The Labute approximate surface area is 155 Å². The maximum absolute atomic E-state index is 12.0. The topological polar surface area (TPSA) is 71.8 Å². The van der Waals surface area contributed by atoms with Crippen molar-refractivity contribution in [1.29, 1.82) is 5.26 Å². The smallest absolute Gasteiger partial charge is 0.409 e. The summed E-state index contributed by atoms with van der Waals surface area (Å²) in [5.41, 5.74) is 0.907. The zero-order valence-corrected chi connectivity index (χ0v) is 15.9. The van der Waals surface area contributed by atoms with Gasteiger partial charge in [-0.3, -0.25) is 0 Å². The van der Waals surface area contributed by atoms with Gasteiger partial charge in [0.15, 0.2) is 11.5 Å². The van der Waals surface area contributed by atoms with Crippen LogP contribution in [0.3, 0.4) is 0 Å². The Morgan fingerprint density at radius 1 is 1.31 bits per heavy atom. The van der Waals surface area contributed by atoms with Crippen molar-refractivity contribution in [1.82, 2.24) is 4.90 Å². The molecule has 1 aromatic carbocycles. The van der Waals surface area contributed by atoms with Gasteiger partial charge in [-0.2, -0.15) is 5.26 Å². The largest absolute Gasteiger partial charge is 0.493 e. The second-order valence-corrected chi connectivity index (χ2v) is 7.03. The van der Waals surface area contributed by atoms with E-state index in [4.69, 9.17) is 19.5 Å². The molecule has 1 fully saturated rings. The van der Waals surface area contributed by atoms with Crippen LogP contribution in [0.25, 0.3) is 0 Å². The molecule has 1 saturated heterocycles. The molecule has 0 unspecified atom stereocenters. The molecule has 0 atom stereocenters. The second kappa shape index (κ2) is 9.91. The van der Waals surface area contributed by atoms with Gasteiger partial charge in [-0.25, -0.2) is 4.79 Å². The standard InChI is InChI=1S/C20H28N2O4/c1-15(2)13-26-20(23)22-10-7-17(8-11-22)14-25-18-5-4-16(6-9-21)12-19(18)24-3/h4-5,12,15,17H,6-8,10-11,13-14H2,1-3H3. The predicted octanol–water partition coefficient (Wildman–Crippen LogP) is 3.64. The van der Waals surface area contributed by atoms with Gasteiger partial charge in [0, 0.05) is 13.1 Å². The Balaban J connectivity index is 1.80. The van der Waals surface area contributed by atoms with Crippen LogP contribution in [0.2, 0.25) is 0 Å². The van der Waals surface area contributed by atoms with Gasteiger partial charge in [0.25, 0.3) is 0 Å². The van der Waals surface area contributed by atoms with E-state index in [9.17, 15) is 4.79 Å². The summed E-state index contributed by atoms with van der Waals surface area (Å²) in [5.74, 6) is 2.08. The highest BCUT2D eigenvalue weighted by Gasteiger charge is 2.24. The lowest BCUT2D eigenvalue weighted by molar-refractivity contribution is 0.0731. The highest BCUT2D eigenvalue weighted by atomic mass is 16.6. The molecule has 6 nitrogen and oxygen atoms in total. The van der Waals surface area contributed by atoms with Crippen LogP contribution in [0.15, 0.2) is 18.2 Å². The molecule has 26 heavy (non-hydrogen) atoms. The monoisotopic (exact) mass is 360 g/mol. The first-order valence-electron chi connectivity index (χ1n) is 9.11. The molecule has 0 aromatic heterocycles. The molecular weight excluding hydrogens is 332 g/mol. The van der Waals surface area contributed by atoms with Crippen LogP contribution in [0, 0.1) is 23.2 Å². The molecule has 1 aliphatic heterocycles. The van der Waals surface area contributed by atoms with Crippen LogP contribution in [-0.4, -0.2) is 44.4 Å². The normalized spacial score (nSPS) is 14.8. The Morgan fingerprint density at radius 3 is 2.65 bits per heavy atom. The molecular formula is C20H28N2O4. The average molecular weight is 360 g/mol. The SMILES string of the molecule is COc1cc(CC#N)ccc1OCC1CCN(C(=O)OCC(C)C)CC1. The number of hydrogen-bond acceptors (Lipinski definition) is 5. The van der Waals surface area contributed by atoms with E-state index in [0.717, 1.165) is 18.4 Å². The predicted molar refractivity (Wildman–Crippen MR) is 98.3 cm³/mol. The Bertz CT molecular complexity index is 631. The minimum Gasteiger partial charge on any atom is -0.493 e. The number of ether oxygens (including phenoxy) is 3. The van der Waals surface area contributed by atoms with Crippen LogP contribution < -0.4 is 9.47 Å². The number of amides is 1. The van der Waals surface area contributed by atoms with Crippen molar-refractivity contribution in [2.45, 2.75) is 33.1 Å². The molecule has 0 bridgehead atoms. The summed E-state index contributed by atoms with van der Waals surface area (Å²) in [5, 5.41) is 8.79. The first kappa shape index (κ1) is 19.9. The fraction of sp³-hybridized carbons (Fsp3) is 0.600. The third-order valence-corrected chi connectivity index (χ3v) is 4.40. The summed E-state index contributed by atoms with van der Waals surface area (Å²) < 4.78 is 16.6. The number of rotatable bonds is 7. The Hall–Kier alpha value is -2.42. The van der Waals surface area contributed by atoms with E-state index in [-0.39, 0.29) is 6.09 Å². The van der Waals surface area contributed by atoms with Gasteiger partial charge < -0.3 is 19.1 Å².